The molecule has 94 valence electrons. The minimum absolute atomic E-state index is 0.261. The summed E-state index contributed by atoms with van der Waals surface area (Å²) < 4.78 is 11.1. The van der Waals surface area contributed by atoms with E-state index in [2.05, 4.69) is 42.2 Å². The molecule has 0 N–H and O–H groups in total. The Kier molecular flexibility index (Phi) is 2.88. The summed E-state index contributed by atoms with van der Waals surface area (Å²) in [4.78, 5) is 0. The molecular formula is C14H16N2O2. The number of hydrogen-bond acceptors (Lipinski definition) is 4. The molecule has 4 nitrogen and oxygen atoms in total. The van der Waals surface area contributed by atoms with Crippen molar-refractivity contribution >= 4 is 0 Å². The van der Waals surface area contributed by atoms with Crippen LogP contribution in [0, 0.1) is 13.8 Å². The molecule has 1 aromatic heterocycles. The van der Waals surface area contributed by atoms with Gasteiger partial charge in [-0.25, -0.2) is 0 Å². The summed E-state index contributed by atoms with van der Waals surface area (Å²) in [6.45, 7) is 5.61. The van der Waals surface area contributed by atoms with Crippen LogP contribution in [0.5, 0.6) is 0 Å². The molecule has 1 atom stereocenters. The molecule has 0 saturated carbocycles. The average molecular weight is 244 g/mol. The summed E-state index contributed by atoms with van der Waals surface area (Å²) >= 11 is 0. The standard InChI is InChI=1S/C14H16N2O2/c1-9-5-10(2)7-12(6-9)14-16-15-13(18-14)11-3-4-17-8-11/h5-7,11H,3-4,8H2,1-2H3. The molecule has 1 aliphatic rings. The number of aromatic nitrogens is 2. The fourth-order valence-electron chi connectivity index (χ4n) is 2.34. The van der Waals surface area contributed by atoms with E-state index in [1.54, 1.807) is 0 Å². The zero-order valence-corrected chi connectivity index (χ0v) is 10.6. The van der Waals surface area contributed by atoms with Crippen LogP contribution in [-0.4, -0.2) is 23.4 Å². The summed E-state index contributed by atoms with van der Waals surface area (Å²) in [6.07, 6.45) is 0.967. The maximum absolute atomic E-state index is 5.76. The first kappa shape index (κ1) is 11.4. The number of hydrogen-bond donors (Lipinski definition) is 0. The van der Waals surface area contributed by atoms with Gasteiger partial charge in [0.15, 0.2) is 0 Å². The van der Waals surface area contributed by atoms with E-state index < -0.39 is 0 Å². The molecule has 1 fully saturated rings. The zero-order chi connectivity index (χ0) is 12.5. The molecule has 3 rings (SSSR count). The van der Waals surface area contributed by atoms with Crippen molar-refractivity contribution in [1.82, 2.24) is 10.2 Å². The molecule has 0 amide bonds. The normalized spacial score (nSPS) is 19.3. The molecule has 0 aliphatic carbocycles. The van der Waals surface area contributed by atoms with Gasteiger partial charge in [0.1, 0.15) is 0 Å². The van der Waals surface area contributed by atoms with Crippen LogP contribution in [0.2, 0.25) is 0 Å². The van der Waals surface area contributed by atoms with E-state index in [-0.39, 0.29) is 5.92 Å². The molecule has 1 saturated heterocycles. The van der Waals surface area contributed by atoms with Crippen LogP contribution >= 0.6 is 0 Å². The predicted molar refractivity (Wildman–Crippen MR) is 67.4 cm³/mol. The van der Waals surface area contributed by atoms with Crippen molar-refractivity contribution in [3.63, 3.8) is 0 Å². The second kappa shape index (κ2) is 4.53. The Hall–Kier alpha value is -1.68. The summed E-state index contributed by atoms with van der Waals surface area (Å²) in [5.74, 6) is 1.56. The molecule has 4 heteroatoms. The minimum Gasteiger partial charge on any atom is -0.420 e. The van der Waals surface area contributed by atoms with Crippen molar-refractivity contribution < 1.29 is 9.15 Å². The van der Waals surface area contributed by atoms with Gasteiger partial charge in [-0.3, -0.25) is 0 Å². The Morgan fingerprint density at radius 3 is 2.56 bits per heavy atom. The third-order valence-corrected chi connectivity index (χ3v) is 3.19. The van der Waals surface area contributed by atoms with Crippen molar-refractivity contribution in [3.8, 4) is 11.5 Å². The van der Waals surface area contributed by atoms with E-state index in [1.807, 2.05) is 0 Å². The van der Waals surface area contributed by atoms with Crippen LogP contribution in [0.25, 0.3) is 11.5 Å². The Morgan fingerprint density at radius 1 is 1.11 bits per heavy atom. The largest absolute Gasteiger partial charge is 0.420 e. The fraction of sp³-hybridized carbons (Fsp3) is 0.429. The van der Waals surface area contributed by atoms with Crippen LogP contribution in [0.3, 0.4) is 0 Å². The SMILES string of the molecule is Cc1cc(C)cc(-c2nnc(C3CCOC3)o2)c1. The lowest BCUT2D eigenvalue weighted by molar-refractivity contribution is 0.191. The lowest BCUT2D eigenvalue weighted by atomic mass is 10.1. The van der Waals surface area contributed by atoms with Crippen molar-refractivity contribution in [2.75, 3.05) is 13.2 Å². The van der Waals surface area contributed by atoms with Gasteiger partial charge in [0, 0.05) is 12.2 Å². The lowest BCUT2D eigenvalue weighted by Crippen LogP contribution is -1.97. The molecule has 0 spiro atoms. The summed E-state index contributed by atoms with van der Waals surface area (Å²) in [5, 5.41) is 8.28. The van der Waals surface area contributed by atoms with Gasteiger partial charge in [-0.1, -0.05) is 17.2 Å². The Labute approximate surface area is 106 Å². The maximum atomic E-state index is 5.76. The molecule has 1 unspecified atom stereocenters. The van der Waals surface area contributed by atoms with Crippen LogP contribution in [0.1, 0.15) is 29.4 Å². The van der Waals surface area contributed by atoms with Crippen molar-refractivity contribution in [2.45, 2.75) is 26.2 Å². The highest BCUT2D eigenvalue weighted by molar-refractivity contribution is 5.55. The van der Waals surface area contributed by atoms with Gasteiger partial charge in [0.2, 0.25) is 11.8 Å². The van der Waals surface area contributed by atoms with E-state index in [4.69, 9.17) is 9.15 Å². The molecule has 0 radical (unpaired) electrons. The minimum atomic E-state index is 0.261. The van der Waals surface area contributed by atoms with Crippen LogP contribution < -0.4 is 0 Å². The third kappa shape index (κ3) is 2.16. The first-order chi connectivity index (χ1) is 8.72. The summed E-state index contributed by atoms with van der Waals surface area (Å²) in [6, 6.07) is 6.26. The third-order valence-electron chi connectivity index (χ3n) is 3.19. The Morgan fingerprint density at radius 2 is 1.89 bits per heavy atom. The molecular weight excluding hydrogens is 228 g/mol. The number of benzene rings is 1. The number of nitrogens with zero attached hydrogens (tertiary/aromatic N) is 2. The van der Waals surface area contributed by atoms with Crippen LogP contribution in [-0.2, 0) is 4.74 Å². The fourth-order valence-corrected chi connectivity index (χ4v) is 2.34. The van der Waals surface area contributed by atoms with Gasteiger partial charge in [-0.2, -0.15) is 0 Å². The molecule has 2 aromatic rings. The van der Waals surface area contributed by atoms with E-state index >= 15 is 0 Å². The Bertz CT molecular complexity index is 536. The highest BCUT2D eigenvalue weighted by Gasteiger charge is 2.23. The topological polar surface area (TPSA) is 48.2 Å². The van der Waals surface area contributed by atoms with Gasteiger partial charge < -0.3 is 9.15 Å². The quantitative estimate of drug-likeness (QED) is 0.815. The van der Waals surface area contributed by atoms with E-state index in [1.165, 1.54) is 11.1 Å². The molecule has 0 bridgehead atoms. The van der Waals surface area contributed by atoms with E-state index in [9.17, 15) is 0 Å². The Balaban J connectivity index is 1.92. The molecule has 18 heavy (non-hydrogen) atoms. The summed E-state index contributed by atoms with van der Waals surface area (Å²) in [5.41, 5.74) is 3.40. The second-order valence-corrected chi connectivity index (χ2v) is 4.88. The van der Waals surface area contributed by atoms with Crippen molar-refractivity contribution in [2.24, 2.45) is 0 Å². The number of rotatable bonds is 2. The van der Waals surface area contributed by atoms with Crippen molar-refractivity contribution in [3.05, 3.63) is 35.2 Å². The smallest absolute Gasteiger partial charge is 0.247 e. The van der Waals surface area contributed by atoms with Gasteiger partial charge in [-0.15, -0.1) is 10.2 Å². The molecule has 2 heterocycles. The highest BCUT2D eigenvalue weighted by Crippen LogP contribution is 2.27. The average Bonchev–Trinajstić information content (AvgIpc) is 2.99. The highest BCUT2D eigenvalue weighted by atomic mass is 16.5. The first-order valence-electron chi connectivity index (χ1n) is 6.22. The van der Waals surface area contributed by atoms with Crippen LogP contribution in [0.4, 0.5) is 0 Å². The number of ether oxygens (including phenoxy) is 1. The zero-order valence-electron chi connectivity index (χ0n) is 10.6. The molecule has 1 aromatic carbocycles. The van der Waals surface area contributed by atoms with Crippen LogP contribution in [0.15, 0.2) is 22.6 Å². The second-order valence-electron chi connectivity index (χ2n) is 4.88. The monoisotopic (exact) mass is 244 g/mol. The summed E-state index contributed by atoms with van der Waals surface area (Å²) in [7, 11) is 0. The number of aryl methyl sites for hydroxylation is 2. The van der Waals surface area contributed by atoms with Gasteiger partial charge in [0.25, 0.3) is 0 Å². The maximum Gasteiger partial charge on any atom is 0.247 e. The van der Waals surface area contributed by atoms with Crippen molar-refractivity contribution in [1.29, 1.82) is 0 Å². The molecule has 1 aliphatic heterocycles. The van der Waals surface area contributed by atoms with Gasteiger partial charge in [-0.05, 0) is 32.4 Å². The van der Waals surface area contributed by atoms with Gasteiger partial charge >= 0.3 is 0 Å². The first-order valence-corrected chi connectivity index (χ1v) is 6.22. The van der Waals surface area contributed by atoms with E-state index in [0.29, 0.717) is 18.4 Å². The van der Waals surface area contributed by atoms with Gasteiger partial charge in [0.05, 0.1) is 12.5 Å². The lowest BCUT2D eigenvalue weighted by Gasteiger charge is -2.01. The van der Waals surface area contributed by atoms with E-state index in [0.717, 1.165) is 18.6 Å². The predicted octanol–water partition coefficient (Wildman–Crippen LogP) is 2.86.